The highest BCUT2D eigenvalue weighted by Gasteiger charge is 2.15. The van der Waals surface area contributed by atoms with E-state index in [0.717, 1.165) is 19.3 Å². The third-order valence-corrected chi connectivity index (χ3v) is 4.59. The maximum atomic E-state index is 2.22. The van der Waals surface area contributed by atoms with Gasteiger partial charge in [0.1, 0.15) is 0 Å². The Morgan fingerprint density at radius 3 is 1.22 bits per heavy atom. The smallest absolute Gasteiger partial charge is 0.00135 e. The molecule has 0 saturated carbocycles. The average Bonchev–Trinajstić information content (AvgIpc) is 3.15. The van der Waals surface area contributed by atoms with Gasteiger partial charge in [0.25, 0.3) is 0 Å². The van der Waals surface area contributed by atoms with E-state index in [-0.39, 0.29) is 0 Å². The van der Waals surface area contributed by atoms with Crippen LogP contribution in [0, 0.1) is 0 Å². The number of fused-ring (bicyclic) bond motifs is 3. The first kappa shape index (κ1) is 22.7. The van der Waals surface area contributed by atoms with Crippen LogP contribution in [-0.2, 0) is 19.3 Å². The van der Waals surface area contributed by atoms with Gasteiger partial charge in [0.2, 0.25) is 0 Å². The first-order valence-corrected chi connectivity index (χ1v) is 10.6. The summed E-state index contributed by atoms with van der Waals surface area (Å²) in [6, 6.07) is 25.9. The maximum absolute atomic E-state index is 2.22. The quantitative estimate of drug-likeness (QED) is 0.338. The summed E-state index contributed by atoms with van der Waals surface area (Å²) in [5.74, 6) is 0. The fourth-order valence-electron chi connectivity index (χ4n) is 3.33. The normalized spacial score (nSPS) is 10.0. The van der Waals surface area contributed by atoms with Gasteiger partial charge in [-0.15, -0.1) is 0 Å². The monoisotopic (exact) mass is 360 g/mol. The van der Waals surface area contributed by atoms with Crippen LogP contribution in [0.2, 0.25) is 0 Å². The Morgan fingerprint density at radius 2 is 0.852 bits per heavy atom. The van der Waals surface area contributed by atoms with Crippen molar-refractivity contribution in [2.75, 3.05) is 0 Å². The molecule has 0 amide bonds. The second-order valence-electron chi connectivity index (χ2n) is 5.97. The fourth-order valence-corrected chi connectivity index (χ4v) is 3.33. The van der Waals surface area contributed by atoms with Gasteiger partial charge in [-0.3, -0.25) is 0 Å². The van der Waals surface area contributed by atoms with E-state index in [1.54, 1.807) is 0 Å². The average molecular weight is 361 g/mol. The first-order valence-electron chi connectivity index (χ1n) is 10.6. The molecule has 0 radical (unpaired) electrons. The second-order valence-corrected chi connectivity index (χ2v) is 5.97. The number of rotatable bonds is 2. The number of hydrogen-bond acceptors (Lipinski definition) is 0. The Hall–Kier alpha value is -2.34. The molecule has 0 aromatic heterocycles. The highest BCUT2D eigenvalue weighted by molar-refractivity contribution is 5.76. The summed E-state index contributed by atoms with van der Waals surface area (Å²) in [5.41, 5.74) is 8.73. The predicted octanol–water partition coefficient (Wildman–Crippen LogP) is 8.12. The Bertz CT molecular complexity index is 717. The van der Waals surface area contributed by atoms with Crippen molar-refractivity contribution in [3.8, 4) is 11.1 Å². The largest absolute Gasteiger partial charge is 0.0683 e. The lowest BCUT2D eigenvalue weighted by Gasteiger charge is -2.02. The number of aryl methyl sites for hydroxylation is 2. The fraction of sp³-hybridized carbons (Fsp3) is 0.333. The molecule has 27 heavy (non-hydrogen) atoms. The Kier molecular flexibility index (Phi) is 10.9. The molecule has 0 bridgehead atoms. The van der Waals surface area contributed by atoms with Crippen molar-refractivity contribution in [1.82, 2.24) is 0 Å². The summed E-state index contributed by atoms with van der Waals surface area (Å²) >= 11 is 0. The molecular weight excluding hydrogens is 324 g/mol. The van der Waals surface area contributed by atoms with Gasteiger partial charge < -0.3 is 0 Å². The van der Waals surface area contributed by atoms with E-state index in [2.05, 4.69) is 86.6 Å². The second kappa shape index (κ2) is 12.9. The standard InChI is InChI=1S/C13H10.C10H14.2C2H6/c1-3-7-12-10(5-1)9-11-6-2-4-8-13(11)12;1-3-9-7-5-6-8-10(9)4-2;2*1-2/h1-8H,9H2;5-8H,3-4H2,1-2H3;2*1-2H3. The van der Waals surface area contributed by atoms with Crippen LogP contribution in [-0.4, -0.2) is 0 Å². The van der Waals surface area contributed by atoms with E-state index in [9.17, 15) is 0 Å². The molecule has 0 atom stereocenters. The van der Waals surface area contributed by atoms with E-state index in [1.807, 2.05) is 27.7 Å². The van der Waals surface area contributed by atoms with Crippen LogP contribution < -0.4 is 0 Å². The van der Waals surface area contributed by atoms with Crippen LogP contribution in [0.5, 0.6) is 0 Å². The van der Waals surface area contributed by atoms with Gasteiger partial charge in [-0.2, -0.15) is 0 Å². The van der Waals surface area contributed by atoms with Gasteiger partial charge in [-0.25, -0.2) is 0 Å². The summed E-state index contributed by atoms with van der Waals surface area (Å²) in [6.07, 6.45) is 3.42. The molecular formula is C27H36. The minimum absolute atomic E-state index is 1.10. The molecule has 0 aliphatic heterocycles. The highest BCUT2D eigenvalue weighted by atomic mass is 14.2. The molecule has 0 fully saturated rings. The van der Waals surface area contributed by atoms with E-state index >= 15 is 0 Å². The lowest BCUT2D eigenvalue weighted by Crippen LogP contribution is -1.88. The zero-order valence-electron chi connectivity index (χ0n) is 18.0. The van der Waals surface area contributed by atoms with Gasteiger partial charge in [0, 0.05) is 0 Å². The van der Waals surface area contributed by atoms with Gasteiger partial charge in [0.05, 0.1) is 0 Å². The van der Waals surface area contributed by atoms with Crippen molar-refractivity contribution in [1.29, 1.82) is 0 Å². The summed E-state index contributed by atoms with van der Waals surface area (Å²) in [6.45, 7) is 12.4. The van der Waals surface area contributed by atoms with Gasteiger partial charge in [0.15, 0.2) is 0 Å². The molecule has 0 unspecified atom stereocenters. The van der Waals surface area contributed by atoms with Crippen molar-refractivity contribution >= 4 is 0 Å². The van der Waals surface area contributed by atoms with Crippen LogP contribution >= 0.6 is 0 Å². The molecule has 0 nitrogen and oxygen atoms in total. The van der Waals surface area contributed by atoms with Crippen molar-refractivity contribution in [3.05, 3.63) is 95.1 Å². The molecule has 1 aliphatic rings. The van der Waals surface area contributed by atoms with Crippen LogP contribution in [0.3, 0.4) is 0 Å². The molecule has 0 heteroatoms. The number of benzene rings is 3. The van der Waals surface area contributed by atoms with Gasteiger partial charge in [-0.05, 0) is 52.6 Å². The van der Waals surface area contributed by atoms with Crippen molar-refractivity contribution in [2.45, 2.75) is 60.8 Å². The molecule has 3 aromatic carbocycles. The van der Waals surface area contributed by atoms with Crippen LogP contribution in [0.25, 0.3) is 11.1 Å². The van der Waals surface area contributed by atoms with Crippen molar-refractivity contribution in [2.24, 2.45) is 0 Å². The van der Waals surface area contributed by atoms with Crippen LogP contribution in [0.15, 0.2) is 72.8 Å². The van der Waals surface area contributed by atoms with Gasteiger partial charge in [-0.1, -0.05) is 114 Å². The third-order valence-electron chi connectivity index (χ3n) is 4.59. The zero-order chi connectivity index (χ0) is 20.1. The molecule has 0 N–H and O–H groups in total. The van der Waals surface area contributed by atoms with Crippen LogP contribution in [0.1, 0.15) is 63.8 Å². The molecule has 0 saturated heterocycles. The lowest BCUT2D eigenvalue weighted by molar-refractivity contribution is 1.04. The van der Waals surface area contributed by atoms with E-state index < -0.39 is 0 Å². The molecule has 0 spiro atoms. The summed E-state index contributed by atoms with van der Waals surface area (Å²) in [5, 5.41) is 0. The molecule has 1 aliphatic carbocycles. The van der Waals surface area contributed by atoms with E-state index in [0.29, 0.717) is 0 Å². The minimum atomic E-state index is 1.10. The molecule has 0 heterocycles. The Morgan fingerprint density at radius 1 is 0.519 bits per heavy atom. The lowest BCUT2D eigenvalue weighted by atomic mass is 10.0. The molecule has 144 valence electrons. The molecule has 3 aromatic rings. The zero-order valence-corrected chi connectivity index (χ0v) is 18.0. The van der Waals surface area contributed by atoms with Crippen LogP contribution in [0.4, 0.5) is 0 Å². The highest BCUT2D eigenvalue weighted by Crippen LogP contribution is 2.35. The SMILES string of the molecule is CC.CC.CCc1ccccc1CC.c1ccc2c(c1)Cc1ccccc1-2. The summed E-state index contributed by atoms with van der Waals surface area (Å²) in [7, 11) is 0. The third kappa shape index (κ3) is 6.10. The molecule has 4 rings (SSSR count). The maximum Gasteiger partial charge on any atom is -0.00135 e. The summed E-state index contributed by atoms with van der Waals surface area (Å²) < 4.78 is 0. The van der Waals surface area contributed by atoms with Crippen molar-refractivity contribution < 1.29 is 0 Å². The van der Waals surface area contributed by atoms with E-state index in [1.165, 1.54) is 33.4 Å². The van der Waals surface area contributed by atoms with E-state index in [4.69, 9.17) is 0 Å². The number of hydrogen-bond donors (Lipinski definition) is 0. The Labute approximate surface area is 167 Å². The summed E-state index contributed by atoms with van der Waals surface area (Å²) in [4.78, 5) is 0. The Balaban J connectivity index is 0.000000235. The minimum Gasteiger partial charge on any atom is -0.0683 e. The van der Waals surface area contributed by atoms with Crippen molar-refractivity contribution in [3.63, 3.8) is 0 Å². The topological polar surface area (TPSA) is 0 Å². The first-order chi connectivity index (χ1) is 13.3. The van der Waals surface area contributed by atoms with Gasteiger partial charge >= 0.3 is 0 Å². The predicted molar refractivity (Wildman–Crippen MR) is 123 cm³/mol.